The molecule has 1 N–H and O–H groups in total. The summed E-state index contributed by atoms with van der Waals surface area (Å²) in [5, 5.41) is 2.83. The second-order valence-corrected chi connectivity index (χ2v) is 9.22. The Balaban J connectivity index is 2.80. The van der Waals surface area contributed by atoms with E-state index in [1.807, 2.05) is 65.0 Å². The number of amides is 2. The highest BCUT2D eigenvalue weighted by Gasteiger charge is 2.35. The Hall–Kier alpha value is -2.37. The van der Waals surface area contributed by atoms with Crippen LogP contribution in [0.5, 0.6) is 0 Å². The first-order valence-corrected chi connectivity index (χ1v) is 10.1. The Morgan fingerprint density at radius 3 is 2.14 bits per heavy atom. The lowest BCUT2D eigenvalue weighted by Crippen LogP contribution is -2.53. The maximum atomic E-state index is 12.7. The molecule has 0 bridgehead atoms. The number of carbonyl (C=O) groups is 3. The van der Waals surface area contributed by atoms with Gasteiger partial charge in [0.25, 0.3) is 0 Å². The normalized spacial score (nSPS) is 13.5. The number of carbonyl (C=O) groups excluding carboxylic acids is 3. The predicted molar refractivity (Wildman–Crippen MR) is 114 cm³/mol. The summed E-state index contributed by atoms with van der Waals surface area (Å²) >= 11 is 0. The summed E-state index contributed by atoms with van der Waals surface area (Å²) in [5.41, 5.74) is 0.455. The number of rotatable bonds is 9. The molecule has 0 aromatic heterocycles. The molecule has 2 atom stereocenters. The van der Waals surface area contributed by atoms with Crippen LogP contribution in [-0.4, -0.2) is 42.8 Å². The molecule has 0 aliphatic heterocycles. The van der Waals surface area contributed by atoms with E-state index in [-0.39, 0.29) is 36.7 Å². The molecule has 0 fully saturated rings. The monoisotopic (exact) mass is 404 g/mol. The largest absolute Gasteiger partial charge is 0.461 e. The molecule has 6 heteroatoms. The van der Waals surface area contributed by atoms with E-state index in [2.05, 4.69) is 5.32 Å². The maximum absolute atomic E-state index is 12.7. The number of ether oxygens (including phenoxy) is 1. The smallest absolute Gasteiger partial charge is 0.309 e. The number of nitrogens with zero attached hydrogens (tertiary/aromatic N) is 1. The van der Waals surface area contributed by atoms with Gasteiger partial charge in [-0.05, 0) is 23.3 Å². The van der Waals surface area contributed by atoms with Crippen molar-refractivity contribution in [3.05, 3.63) is 35.9 Å². The van der Waals surface area contributed by atoms with Gasteiger partial charge in [-0.3, -0.25) is 14.4 Å². The second kappa shape index (κ2) is 11.0. The van der Waals surface area contributed by atoms with Crippen LogP contribution in [0.25, 0.3) is 0 Å². The molecule has 0 spiro atoms. The van der Waals surface area contributed by atoms with Crippen molar-refractivity contribution < 1.29 is 19.1 Å². The Kier molecular flexibility index (Phi) is 9.34. The standard InChI is InChI=1S/C23H36N2O4/c1-16(2)13-18(22(28)29-15-17-11-9-8-10-12-17)14-19(26)24-20(23(3,4)5)21(27)25(6)7/h8-12,16,18,20H,13-15H2,1-7H3,(H,24,26)/t18-,20-/m1/s1. The van der Waals surface area contributed by atoms with E-state index in [4.69, 9.17) is 4.74 Å². The van der Waals surface area contributed by atoms with Crippen molar-refractivity contribution in [1.29, 1.82) is 0 Å². The van der Waals surface area contributed by atoms with Crippen LogP contribution in [0.15, 0.2) is 30.3 Å². The molecule has 162 valence electrons. The quantitative estimate of drug-likeness (QED) is 0.640. The fourth-order valence-corrected chi connectivity index (χ4v) is 3.03. The third-order valence-corrected chi connectivity index (χ3v) is 4.60. The molecule has 1 aromatic rings. The molecular weight excluding hydrogens is 368 g/mol. The molecule has 29 heavy (non-hydrogen) atoms. The molecule has 0 saturated heterocycles. The van der Waals surface area contributed by atoms with Gasteiger partial charge in [0, 0.05) is 20.5 Å². The van der Waals surface area contributed by atoms with Crippen LogP contribution in [0, 0.1) is 17.3 Å². The Labute approximate surface area is 175 Å². The lowest BCUT2D eigenvalue weighted by molar-refractivity contribution is -0.152. The molecule has 0 heterocycles. The van der Waals surface area contributed by atoms with Crippen LogP contribution < -0.4 is 5.32 Å². The van der Waals surface area contributed by atoms with Crippen LogP contribution in [0.2, 0.25) is 0 Å². The molecule has 1 rings (SSSR count). The van der Waals surface area contributed by atoms with E-state index in [9.17, 15) is 14.4 Å². The second-order valence-electron chi connectivity index (χ2n) is 9.22. The lowest BCUT2D eigenvalue weighted by Gasteiger charge is -2.32. The van der Waals surface area contributed by atoms with Gasteiger partial charge in [-0.2, -0.15) is 0 Å². The zero-order chi connectivity index (χ0) is 22.2. The van der Waals surface area contributed by atoms with Crippen molar-refractivity contribution in [3.8, 4) is 0 Å². The van der Waals surface area contributed by atoms with Gasteiger partial charge in [-0.15, -0.1) is 0 Å². The number of benzene rings is 1. The Morgan fingerprint density at radius 1 is 1.07 bits per heavy atom. The molecule has 0 radical (unpaired) electrons. The van der Waals surface area contributed by atoms with Crippen LogP contribution in [0.3, 0.4) is 0 Å². The van der Waals surface area contributed by atoms with Crippen molar-refractivity contribution in [2.24, 2.45) is 17.3 Å². The van der Waals surface area contributed by atoms with Gasteiger partial charge in [0.1, 0.15) is 12.6 Å². The van der Waals surface area contributed by atoms with Crippen LogP contribution in [0.1, 0.15) is 53.0 Å². The van der Waals surface area contributed by atoms with Gasteiger partial charge in [-0.25, -0.2) is 0 Å². The molecule has 0 aliphatic rings. The number of nitrogens with one attached hydrogen (secondary N) is 1. The van der Waals surface area contributed by atoms with Gasteiger partial charge in [0.05, 0.1) is 5.92 Å². The van der Waals surface area contributed by atoms with Gasteiger partial charge in [0.15, 0.2) is 0 Å². The lowest BCUT2D eigenvalue weighted by atomic mass is 9.85. The highest BCUT2D eigenvalue weighted by Crippen LogP contribution is 2.23. The van der Waals surface area contributed by atoms with E-state index in [1.54, 1.807) is 14.1 Å². The average molecular weight is 405 g/mol. The highest BCUT2D eigenvalue weighted by molar-refractivity contribution is 5.89. The van der Waals surface area contributed by atoms with E-state index >= 15 is 0 Å². The van der Waals surface area contributed by atoms with Gasteiger partial charge in [0.2, 0.25) is 11.8 Å². The van der Waals surface area contributed by atoms with Crippen LogP contribution in [0.4, 0.5) is 0 Å². The fraction of sp³-hybridized carbons (Fsp3) is 0.609. The van der Waals surface area contributed by atoms with Crippen molar-refractivity contribution in [2.75, 3.05) is 14.1 Å². The Morgan fingerprint density at radius 2 is 1.66 bits per heavy atom. The van der Waals surface area contributed by atoms with Crippen molar-refractivity contribution in [2.45, 2.75) is 60.1 Å². The molecule has 1 aromatic carbocycles. The predicted octanol–water partition coefficient (Wildman–Crippen LogP) is 3.40. The summed E-state index contributed by atoms with van der Waals surface area (Å²) in [5.74, 6) is -1.18. The summed E-state index contributed by atoms with van der Waals surface area (Å²) in [6.07, 6.45) is 0.544. The minimum atomic E-state index is -0.662. The zero-order valence-corrected chi connectivity index (χ0v) is 18.8. The van der Waals surface area contributed by atoms with Gasteiger partial charge in [-0.1, -0.05) is 65.0 Å². The number of esters is 1. The third kappa shape index (κ3) is 8.67. The van der Waals surface area contributed by atoms with E-state index in [0.717, 1.165) is 5.56 Å². The van der Waals surface area contributed by atoms with Crippen molar-refractivity contribution in [1.82, 2.24) is 10.2 Å². The fourth-order valence-electron chi connectivity index (χ4n) is 3.03. The van der Waals surface area contributed by atoms with E-state index in [0.29, 0.717) is 6.42 Å². The first-order valence-electron chi connectivity index (χ1n) is 10.1. The SMILES string of the molecule is CC(C)C[C@H](CC(=O)N[C@H](C(=O)N(C)C)C(C)(C)C)C(=O)OCc1ccccc1. The molecule has 2 amide bonds. The summed E-state index contributed by atoms with van der Waals surface area (Å²) in [6, 6.07) is 8.78. The van der Waals surface area contributed by atoms with E-state index < -0.39 is 17.4 Å². The number of hydrogen-bond acceptors (Lipinski definition) is 4. The topological polar surface area (TPSA) is 75.7 Å². The molecule has 0 aliphatic carbocycles. The van der Waals surface area contributed by atoms with Gasteiger partial charge >= 0.3 is 5.97 Å². The first-order chi connectivity index (χ1) is 13.4. The van der Waals surface area contributed by atoms with Crippen LogP contribution in [-0.2, 0) is 25.7 Å². The van der Waals surface area contributed by atoms with E-state index in [1.165, 1.54) is 4.90 Å². The minimum Gasteiger partial charge on any atom is -0.461 e. The Bertz CT molecular complexity index is 678. The third-order valence-electron chi connectivity index (χ3n) is 4.60. The van der Waals surface area contributed by atoms with Gasteiger partial charge < -0.3 is 15.0 Å². The van der Waals surface area contributed by atoms with Crippen LogP contribution >= 0.6 is 0 Å². The molecule has 0 unspecified atom stereocenters. The zero-order valence-electron chi connectivity index (χ0n) is 18.8. The molecular formula is C23H36N2O4. The number of likely N-dealkylation sites (N-methyl/N-ethyl adjacent to an activating group) is 1. The number of hydrogen-bond donors (Lipinski definition) is 1. The maximum Gasteiger partial charge on any atom is 0.309 e. The van der Waals surface area contributed by atoms with Crippen molar-refractivity contribution >= 4 is 17.8 Å². The van der Waals surface area contributed by atoms with Crippen molar-refractivity contribution in [3.63, 3.8) is 0 Å². The molecule has 6 nitrogen and oxygen atoms in total. The summed E-state index contributed by atoms with van der Waals surface area (Å²) < 4.78 is 5.46. The summed E-state index contributed by atoms with van der Waals surface area (Å²) in [7, 11) is 3.32. The summed E-state index contributed by atoms with van der Waals surface area (Å²) in [6.45, 7) is 9.89. The molecule has 0 saturated carbocycles. The summed E-state index contributed by atoms with van der Waals surface area (Å²) in [4.78, 5) is 39.3. The average Bonchev–Trinajstić information content (AvgIpc) is 2.62. The minimum absolute atomic E-state index is 0.000901. The highest BCUT2D eigenvalue weighted by atomic mass is 16.5. The first kappa shape index (κ1) is 24.7.